The highest BCUT2D eigenvalue weighted by Crippen LogP contribution is 2.34. The van der Waals surface area contributed by atoms with E-state index in [9.17, 15) is 9.59 Å². The van der Waals surface area contributed by atoms with Crippen LogP contribution in [0.15, 0.2) is 42.6 Å². The molecule has 1 aliphatic rings. The molecule has 0 aliphatic carbocycles. The molecule has 1 aliphatic heterocycles. The van der Waals surface area contributed by atoms with Gasteiger partial charge in [-0.2, -0.15) is 0 Å². The van der Waals surface area contributed by atoms with Crippen LogP contribution in [0, 0.1) is 5.41 Å². The summed E-state index contributed by atoms with van der Waals surface area (Å²) in [6, 6.07) is 10.8. The van der Waals surface area contributed by atoms with E-state index in [0.29, 0.717) is 35.4 Å². The molecule has 2 aromatic heterocycles. The third-order valence-electron chi connectivity index (χ3n) is 5.78. The highest BCUT2D eigenvalue weighted by atomic mass is 16.5. The normalized spacial score (nSPS) is 15.9. The number of methoxy groups -OCH3 is 1. The number of nitrogens with zero attached hydrogens (tertiary/aromatic N) is 2. The Hall–Kier alpha value is -3.39. The van der Waals surface area contributed by atoms with Crippen LogP contribution < -0.4 is 10.6 Å². The summed E-state index contributed by atoms with van der Waals surface area (Å²) >= 11 is 0. The fourth-order valence-electron chi connectivity index (χ4n) is 4.07. The van der Waals surface area contributed by atoms with E-state index in [2.05, 4.69) is 36.4 Å². The Bertz CT molecular complexity index is 1170. The summed E-state index contributed by atoms with van der Waals surface area (Å²) in [5.74, 6) is -0.849. The highest BCUT2D eigenvalue weighted by molar-refractivity contribution is 6.14. The maximum atomic E-state index is 13.1. The summed E-state index contributed by atoms with van der Waals surface area (Å²) in [5, 5.41) is 7.04. The van der Waals surface area contributed by atoms with Gasteiger partial charge in [0.1, 0.15) is 5.65 Å². The first-order valence-corrected chi connectivity index (χ1v) is 11.6. The molecular formula is C26H32N4O4. The molecule has 1 saturated heterocycles. The molecule has 1 amide bonds. The average molecular weight is 465 g/mol. The molecule has 180 valence electrons. The van der Waals surface area contributed by atoms with Gasteiger partial charge in [-0.1, -0.05) is 39.0 Å². The van der Waals surface area contributed by atoms with Gasteiger partial charge in [0.2, 0.25) is 0 Å². The van der Waals surface area contributed by atoms with Crippen molar-refractivity contribution in [3.05, 3.63) is 53.9 Å². The van der Waals surface area contributed by atoms with E-state index in [4.69, 9.17) is 9.47 Å². The molecule has 0 spiro atoms. The number of esters is 1. The Kier molecular flexibility index (Phi) is 6.88. The fourth-order valence-corrected chi connectivity index (χ4v) is 4.07. The Balaban J connectivity index is 1.83. The molecule has 3 heterocycles. The lowest BCUT2D eigenvalue weighted by Crippen LogP contribution is -2.21. The van der Waals surface area contributed by atoms with Crippen molar-refractivity contribution in [1.29, 1.82) is 0 Å². The number of fused-ring (bicyclic) bond motifs is 1. The number of carbonyl (C=O) groups excluding carboxylic acids is 2. The maximum Gasteiger partial charge on any atom is 0.356 e. The van der Waals surface area contributed by atoms with E-state index >= 15 is 0 Å². The summed E-state index contributed by atoms with van der Waals surface area (Å²) < 4.78 is 12.8. The number of amides is 1. The van der Waals surface area contributed by atoms with E-state index in [-0.39, 0.29) is 23.1 Å². The zero-order chi connectivity index (χ0) is 24.3. The molecule has 34 heavy (non-hydrogen) atoms. The minimum Gasteiger partial charge on any atom is -0.464 e. The summed E-state index contributed by atoms with van der Waals surface area (Å²) in [4.78, 5) is 30.8. The molecule has 0 bridgehead atoms. The predicted molar refractivity (Wildman–Crippen MR) is 132 cm³/mol. The van der Waals surface area contributed by atoms with Crippen molar-refractivity contribution in [2.75, 3.05) is 30.9 Å². The Morgan fingerprint density at radius 1 is 1.24 bits per heavy atom. The molecule has 1 fully saturated rings. The minimum atomic E-state index is -0.538. The Labute approximate surface area is 199 Å². The first kappa shape index (κ1) is 23.8. The number of pyridine rings is 1. The second-order valence-electron chi connectivity index (χ2n) is 9.79. The summed E-state index contributed by atoms with van der Waals surface area (Å²) in [5.41, 5.74) is 2.62. The number of aromatic nitrogens is 2. The van der Waals surface area contributed by atoms with Gasteiger partial charge in [-0.05, 0) is 36.5 Å². The van der Waals surface area contributed by atoms with Gasteiger partial charge in [-0.15, -0.1) is 0 Å². The third-order valence-corrected chi connectivity index (χ3v) is 5.78. The van der Waals surface area contributed by atoms with Gasteiger partial charge in [0.05, 0.1) is 37.3 Å². The number of nitrogens with one attached hydrogen (secondary N) is 2. The number of carbonyl (C=O) groups is 2. The first-order chi connectivity index (χ1) is 16.3. The van der Waals surface area contributed by atoms with E-state index in [1.807, 2.05) is 16.7 Å². The molecule has 1 atom stereocenters. The van der Waals surface area contributed by atoms with Gasteiger partial charge in [0.25, 0.3) is 5.91 Å². The van der Waals surface area contributed by atoms with Gasteiger partial charge in [-0.3, -0.25) is 4.79 Å². The molecule has 8 heteroatoms. The monoisotopic (exact) mass is 464 g/mol. The standard InChI is InChI=1S/C26H32N4O4/c1-26(2,3)16-28-18-13-20-21(29-24(31)17-9-6-5-7-10-17)22(25(32)33-4)30(23(20)27-14-18)15-19-11-8-12-34-19/h5-7,9-10,13-14,19,28H,8,11-12,15-16H2,1-4H3,(H,29,31)/t19-/m0/s1. The number of ether oxygens (including phenoxy) is 2. The van der Waals surface area contributed by atoms with Crippen LogP contribution in [0.5, 0.6) is 0 Å². The molecule has 3 aromatic rings. The second kappa shape index (κ2) is 9.85. The van der Waals surface area contributed by atoms with Crippen LogP contribution in [-0.4, -0.2) is 47.8 Å². The van der Waals surface area contributed by atoms with Crippen molar-refractivity contribution < 1.29 is 19.1 Å². The predicted octanol–water partition coefficient (Wildman–Crippen LogP) is 4.71. The molecule has 0 unspecified atom stereocenters. The Morgan fingerprint density at radius 3 is 2.65 bits per heavy atom. The summed E-state index contributed by atoms with van der Waals surface area (Å²) in [6.45, 7) is 8.32. The topological polar surface area (TPSA) is 94.5 Å². The Morgan fingerprint density at radius 2 is 2.00 bits per heavy atom. The van der Waals surface area contributed by atoms with E-state index < -0.39 is 5.97 Å². The van der Waals surface area contributed by atoms with Crippen LogP contribution in [0.4, 0.5) is 11.4 Å². The second-order valence-corrected chi connectivity index (χ2v) is 9.79. The third kappa shape index (κ3) is 5.22. The molecule has 0 radical (unpaired) electrons. The molecule has 8 nitrogen and oxygen atoms in total. The smallest absolute Gasteiger partial charge is 0.356 e. The van der Waals surface area contributed by atoms with Crippen molar-refractivity contribution in [3.8, 4) is 0 Å². The van der Waals surface area contributed by atoms with Gasteiger partial charge in [-0.25, -0.2) is 9.78 Å². The van der Waals surface area contributed by atoms with Crippen LogP contribution in [0.1, 0.15) is 54.5 Å². The summed E-state index contributed by atoms with van der Waals surface area (Å²) in [6.07, 6.45) is 3.60. The van der Waals surface area contributed by atoms with Crippen LogP contribution in [-0.2, 0) is 16.0 Å². The highest BCUT2D eigenvalue weighted by Gasteiger charge is 2.29. The van der Waals surface area contributed by atoms with Gasteiger partial charge in [0.15, 0.2) is 5.69 Å². The van der Waals surface area contributed by atoms with E-state index in [0.717, 1.165) is 25.1 Å². The molecule has 4 rings (SSSR count). The van der Waals surface area contributed by atoms with Crippen molar-refractivity contribution in [2.24, 2.45) is 5.41 Å². The SMILES string of the molecule is COC(=O)c1c(NC(=O)c2ccccc2)c2cc(NCC(C)(C)C)cnc2n1C[C@@H]1CCCO1. The molecule has 0 saturated carbocycles. The number of benzene rings is 1. The fraction of sp³-hybridized carbons (Fsp3) is 0.423. The number of hydrogen-bond donors (Lipinski definition) is 2. The van der Waals surface area contributed by atoms with Crippen molar-refractivity contribution in [1.82, 2.24) is 9.55 Å². The zero-order valence-corrected chi connectivity index (χ0v) is 20.2. The minimum absolute atomic E-state index is 0.0304. The van der Waals surface area contributed by atoms with Crippen molar-refractivity contribution in [3.63, 3.8) is 0 Å². The van der Waals surface area contributed by atoms with Gasteiger partial charge < -0.3 is 24.7 Å². The van der Waals surface area contributed by atoms with Gasteiger partial charge >= 0.3 is 5.97 Å². The largest absolute Gasteiger partial charge is 0.464 e. The molecular weight excluding hydrogens is 432 g/mol. The van der Waals surface area contributed by atoms with Crippen LogP contribution in [0.3, 0.4) is 0 Å². The van der Waals surface area contributed by atoms with Crippen LogP contribution in [0.2, 0.25) is 0 Å². The lowest BCUT2D eigenvalue weighted by molar-refractivity contribution is 0.0580. The number of hydrogen-bond acceptors (Lipinski definition) is 6. The quantitative estimate of drug-likeness (QED) is 0.492. The lowest BCUT2D eigenvalue weighted by atomic mass is 9.97. The lowest BCUT2D eigenvalue weighted by Gasteiger charge is -2.19. The molecule has 1 aromatic carbocycles. The number of anilines is 2. The van der Waals surface area contributed by atoms with E-state index in [1.54, 1.807) is 30.5 Å². The van der Waals surface area contributed by atoms with E-state index in [1.165, 1.54) is 7.11 Å². The summed E-state index contributed by atoms with van der Waals surface area (Å²) in [7, 11) is 1.34. The average Bonchev–Trinajstić information content (AvgIpc) is 3.44. The van der Waals surface area contributed by atoms with Crippen molar-refractivity contribution in [2.45, 2.75) is 46.3 Å². The maximum absolute atomic E-state index is 13.1. The first-order valence-electron chi connectivity index (χ1n) is 11.6. The van der Waals surface area contributed by atoms with Gasteiger partial charge in [0, 0.05) is 24.1 Å². The van der Waals surface area contributed by atoms with Crippen molar-refractivity contribution >= 4 is 34.3 Å². The molecule has 2 N–H and O–H groups in total. The zero-order valence-electron chi connectivity index (χ0n) is 20.2. The van der Waals surface area contributed by atoms with Crippen LogP contribution in [0.25, 0.3) is 11.0 Å². The van der Waals surface area contributed by atoms with Crippen LogP contribution >= 0.6 is 0 Å². The number of rotatable bonds is 7.